The minimum absolute atomic E-state index is 0.257. The van der Waals surface area contributed by atoms with Gasteiger partial charge in [-0.15, -0.1) is 10.2 Å². The number of hydrogen-bond donors (Lipinski definition) is 1. The topological polar surface area (TPSA) is 87.7 Å². The number of nitrogens with zero attached hydrogens (tertiary/aromatic N) is 4. The Labute approximate surface area is 164 Å². The fourth-order valence-corrected chi connectivity index (χ4v) is 3.19. The summed E-state index contributed by atoms with van der Waals surface area (Å²) >= 11 is 0. The lowest BCUT2D eigenvalue weighted by Crippen LogP contribution is -2.49. The molecule has 8 heteroatoms. The summed E-state index contributed by atoms with van der Waals surface area (Å²) in [6.07, 6.45) is -0.286. The molecule has 0 bridgehead atoms. The van der Waals surface area contributed by atoms with E-state index in [1.807, 2.05) is 36.9 Å². The van der Waals surface area contributed by atoms with Crippen LogP contribution in [0.3, 0.4) is 0 Å². The van der Waals surface area contributed by atoms with Crippen molar-refractivity contribution in [3.63, 3.8) is 0 Å². The maximum Gasteiger partial charge on any atom is 0.409 e. The molecule has 2 heterocycles. The molecule has 1 aromatic carbocycles. The second-order valence-electron chi connectivity index (χ2n) is 6.78. The Balaban J connectivity index is 1.59. The highest BCUT2D eigenvalue weighted by Crippen LogP contribution is 2.16. The van der Waals surface area contributed by atoms with Crippen LogP contribution >= 0.6 is 0 Å². The SMILES string of the molecule is CCOC(=O)N1CCN(c2ccc(C(=O)Nc3cc(C)cc(C)c3)nn2)CC1. The smallest absolute Gasteiger partial charge is 0.409 e. The molecular weight excluding hydrogens is 358 g/mol. The van der Waals surface area contributed by atoms with Crippen LogP contribution in [-0.4, -0.2) is 59.9 Å². The fourth-order valence-electron chi connectivity index (χ4n) is 3.19. The van der Waals surface area contributed by atoms with E-state index in [2.05, 4.69) is 15.5 Å². The first-order chi connectivity index (χ1) is 13.5. The number of aryl methyl sites for hydroxylation is 2. The van der Waals surface area contributed by atoms with E-state index in [0.29, 0.717) is 38.6 Å². The molecule has 1 aromatic heterocycles. The summed E-state index contributed by atoms with van der Waals surface area (Å²) in [6.45, 7) is 8.55. The van der Waals surface area contributed by atoms with Gasteiger partial charge < -0.3 is 19.9 Å². The zero-order valence-corrected chi connectivity index (χ0v) is 16.4. The summed E-state index contributed by atoms with van der Waals surface area (Å²) in [6, 6.07) is 9.32. The van der Waals surface area contributed by atoms with Crippen molar-refractivity contribution in [2.45, 2.75) is 20.8 Å². The average Bonchev–Trinajstić information content (AvgIpc) is 2.67. The van der Waals surface area contributed by atoms with Crippen molar-refractivity contribution in [1.82, 2.24) is 15.1 Å². The summed E-state index contributed by atoms with van der Waals surface area (Å²) in [7, 11) is 0. The van der Waals surface area contributed by atoms with Crippen LogP contribution in [0.5, 0.6) is 0 Å². The van der Waals surface area contributed by atoms with Gasteiger partial charge in [0.05, 0.1) is 6.61 Å². The molecule has 8 nitrogen and oxygen atoms in total. The molecule has 0 saturated carbocycles. The summed E-state index contributed by atoms with van der Waals surface area (Å²) in [4.78, 5) is 27.9. The number of carbonyl (C=O) groups excluding carboxylic acids is 2. The predicted octanol–water partition coefficient (Wildman–Crippen LogP) is 2.62. The molecule has 1 aliphatic rings. The van der Waals surface area contributed by atoms with Gasteiger partial charge in [0.2, 0.25) is 0 Å². The molecule has 0 unspecified atom stereocenters. The molecule has 2 aromatic rings. The van der Waals surface area contributed by atoms with Gasteiger partial charge in [-0.2, -0.15) is 0 Å². The molecule has 148 valence electrons. The third-order valence-electron chi connectivity index (χ3n) is 4.49. The molecule has 28 heavy (non-hydrogen) atoms. The lowest BCUT2D eigenvalue weighted by molar-refractivity contribution is 0.101. The van der Waals surface area contributed by atoms with Crippen molar-refractivity contribution in [3.05, 3.63) is 47.2 Å². The molecular formula is C20H25N5O3. The number of aromatic nitrogens is 2. The van der Waals surface area contributed by atoms with Gasteiger partial charge in [-0.1, -0.05) is 6.07 Å². The summed E-state index contributed by atoms with van der Waals surface area (Å²) < 4.78 is 5.02. The van der Waals surface area contributed by atoms with Gasteiger partial charge in [0.1, 0.15) is 0 Å². The first-order valence-corrected chi connectivity index (χ1v) is 9.36. The maximum atomic E-state index is 12.4. The molecule has 1 aliphatic heterocycles. The zero-order valence-electron chi connectivity index (χ0n) is 16.4. The van der Waals surface area contributed by atoms with E-state index in [4.69, 9.17) is 4.74 Å². The number of hydrogen-bond acceptors (Lipinski definition) is 6. The van der Waals surface area contributed by atoms with Gasteiger partial charge in [0, 0.05) is 31.9 Å². The number of piperazine rings is 1. The molecule has 1 saturated heterocycles. The van der Waals surface area contributed by atoms with E-state index in [0.717, 1.165) is 16.8 Å². The normalized spacial score (nSPS) is 14.0. The van der Waals surface area contributed by atoms with Crippen LogP contribution < -0.4 is 10.2 Å². The quantitative estimate of drug-likeness (QED) is 0.873. The fraction of sp³-hybridized carbons (Fsp3) is 0.400. The molecule has 0 atom stereocenters. The van der Waals surface area contributed by atoms with Crippen LogP contribution in [0.25, 0.3) is 0 Å². The number of carbonyl (C=O) groups is 2. The zero-order chi connectivity index (χ0) is 20.1. The highest BCUT2D eigenvalue weighted by Gasteiger charge is 2.23. The van der Waals surface area contributed by atoms with Crippen molar-refractivity contribution < 1.29 is 14.3 Å². The minimum atomic E-state index is -0.295. The molecule has 0 radical (unpaired) electrons. The van der Waals surface area contributed by atoms with Gasteiger partial charge >= 0.3 is 6.09 Å². The molecule has 3 rings (SSSR count). The van der Waals surface area contributed by atoms with Crippen molar-refractivity contribution in [2.75, 3.05) is 43.0 Å². The second kappa shape index (κ2) is 8.69. The largest absolute Gasteiger partial charge is 0.450 e. The van der Waals surface area contributed by atoms with E-state index >= 15 is 0 Å². The summed E-state index contributed by atoms with van der Waals surface area (Å²) in [5.41, 5.74) is 3.16. The van der Waals surface area contributed by atoms with Gasteiger partial charge in [-0.25, -0.2) is 4.79 Å². The number of nitrogens with one attached hydrogen (secondary N) is 1. The Morgan fingerprint density at radius 1 is 1.04 bits per heavy atom. The number of amides is 2. The Morgan fingerprint density at radius 3 is 2.29 bits per heavy atom. The van der Waals surface area contributed by atoms with Crippen molar-refractivity contribution >= 4 is 23.5 Å². The average molecular weight is 383 g/mol. The molecule has 1 N–H and O–H groups in total. The highest BCUT2D eigenvalue weighted by molar-refractivity contribution is 6.02. The van der Waals surface area contributed by atoms with Gasteiger partial charge in [0.15, 0.2) is 11.5 Å². The standard InChI is InChI=1S/C20H25N5O3/c1-4-28-20(27)25-9-7-24(8-10-25)18-6-5-17(22-23-18)19(26)21-16-12-14(2)11-15(3)13-16/h5-6,11-13H,4,7-10H2,1-3H3,(H,21,26). The van der Waals surface area contributed by atoms with Crippen molar-refractivity contribution in [3.8, 4) is 0 Å². The Hall–Kier alpha value is -3.16. The van der Waals surface area contributed by atoms with E-state index in [1.54, 1.807) is 24.0 Å². The molecule has 0 aliphatic carbocycles. The Morgan fingerprint density at radius 2 is 1.71 bits per heavy atom. The van der Waals surface area contributed by atoms with E-state index in [9.17, 15) is 9.59 Å². The summed E-state index contributed by atoms with van der Waals surface area (Å²) in [5, 5.41) is 11.1. The van der Waals surface area contributed by atoms with Gasteiger partial charge in [0.25, 0.3) is 5.91 Å². The summed E-state index contributed by atoms with van der Waals surface area (Å²) in [5.74, 6) is 0.391. The lowest BCUT2D eigenvalue weighted by Gasteiger charge is -2.34. The monoisotopic (exact) mass is 383 g/mol. The molecule has 0 spiro atoms. The first-order valence-electron chi connectivity index (χ1n) is 9.36. The number of benzene rings is 1. The Kier molecular flexibility index (Phi) is 6.08. The lowest BCUT2D eigenvalue weighted by atomic mass is 10.1. The van der Waals surface area contributed by atoms with Crippen molar-refractivity contribution in [2.24, 2.45) is 0 Å². The van der Waals surface area contributed by atoms with Crippen LogP contribution in [0, 0.1) is 13.8 Å². The third-order valence-corrected chi connectivity index (χ3v) is 4.49. The van der Waals surface area contributed by atoms with Gasteiger partial charge in [-0.3, -0.25) is 4.79 Å². The van der Waals surface area contributed by atoms with E-state index < -0.39 is 0 Å². The third kappa shape index (κ3) is 4.76. The number of rotatable bonds is 4. The van der Waals surface area contributed by atoms with Crippen LogP contribution in [0.1, 0.15) is 28.5 Å². The van der Waals surface area contributed by atoms with Crippen LogP contribution in [0.2, 0.25) is 0 Å². The van der Waals surface area contributed by atoms with Crippen LogP contribution in [-0.2, 0) is 4.74 Å². The first kappa shape index (κ1) is 19.6. The number of anilines is 2. The van der Waals surface area contributed by atoms with Gasteiger partial charge in [-0.05, 0) is 56.2 Å². The minimum Gasteiger partial charge on any atom is -0.450 e. The highest BCUT2D eigenvalue weighted by atomic mass is 16.6. The van der Waals surface area contributed by atoms with Crippen LogP contribution in [0.4, 0.5) is 16.3 Å². The van der Waals surface area contributed by atoms with E-state index in [1.165, 1.54) is 0 Å². The number of ether oxygens (including phenoxy) is 1. The molecule has 1 fully saturated rings. The maximum absolute atomic E-state index is 12.4. The molecule has 2 amide bonds. The van der Waals surface area contributed by atoms with Crippen molar-refractivity contribution in [1.29, 1.82) is 0 Å². The van der Waals surface area contributed by atoms with Crippen LogP contribution in [0.15, 0.2) is 30.3 Å². The van der Waals surface area contributed by atoms with E-state index in [-0.39, 0.29) is 17.7 Å². The second-order valence-corrected chi connectivity index (χ2v) is 6.78. The Bertz CT molecular complexity index is 825. The predicted molar refractivity (Wildman–Crippen MR) is 107 cm³/mol.